The van der Waals surface area contributed by atoms with Gasteiger partial charge in [0, 0.05) is 0 Å². The minimum atomic E-state index is -3.62. The Morgan fingerprint density at radius 2 is 1.56 bits per heavy atom. The third-order valence-electron chi connectivity index (χ3n) is 0.192. The molecule has 0 aromatic carbocycles. The van der Waals surface area contributed by atoms with Gasteiger partial charge in [0.2, 0.25) is 0 Å². The van der Waals surface area contributed by atoms with E-state index in [1.807, 2.05) is 0 Å². The molecule has 0 bridgehead atoms. The van der Waals surface area contributed by atoms with Crippen LogP contribution in [0.4, 0.5) is 3.89 Å². The van der Waals surface area contributed by atoms with Crippen molar-refractivity contribution in [2.45, 2.75) is 0 Å². The first-order valence-corrected chi connectivity index (χ1v) is 2.89. The first-order valence-electron chi connectivity index (χ1n) is 1.82. The highest BCUT2D eigenvalue weighted by Crippen LogP contribution is 1.65. The van der Waals surface area contributed by atoms with Gasteiger partial charge in [-0.25, -0.2) is 0 Å². The second kappa shape index (κ2) is 10.2. The summed E-state index contributed by atoms with van der Waals surface area (Å²) in [6, 6.07) is 0. The van der Waals surface area contributed by atoms with Crippen molar-refractivity contribution < 1.29 is 17.0 Å². The molecule has 54 valence electrons. The third-order valence-corrected chi connectivity index (χ3v) is 0.192. The van der Waals surface area contributed by atoms with Gasteiger partial charge in [-0.15, -0.1) is 3.89 Å². The Hall–Kier alpha value is -0.840. The predicted molar refractivity (Wildman–Crippen MR) is 32.9 cm³/mol. The lowest BCUT2D eigenvalue weighted by atomic mass is 11.1. The van der Waals surface area contributed by atoms with Crippen molar-refractivity contribution in [1.82, 2.24) is 0 Å². The maximum absolute atomic E-state index is 9.95. The number of ether oxygens (including phenoxy) is 1. The van der Waals surface area contributed by atoms with Crippen molar-refractivity contribution in [2.75, 3.05) is 0 Å². The van der Waals surface area contributed by atoms with E-state index < -0.39 is 11.1 Å². The van der Waals surface area contributed by atoms with Crippen LogP contribution in [-0.4, -0.2) is 8.42 Å². The number of thiol groups is 1. The molecule has 0 aromatic heterocycles. The summed E-state index contributed by atoms with van der Waals surface area (Å²) in [6.45, 7) is 6.51. The van der Waals surface area contributed by atoms with Crippen LogP contribution in [0.5, 0.6) is 0 Å². The molecule has 0 aromatic rings. The molecule has 0 saturated carbocycles. The van der Waals surface area contributed by atoms with Gasteiger partial charge in [0.25, 0.3) is 11.1 Å². The van der Waals surface area contributed by atoms with Gasteiger partial charge < -0.3 is 4.74 Å². The Morgan fingerprint density at radius 1 is 1.33 bits per heavy atom. The molecule has 0 aliphatic rings. The minimum Gasteiger partial charge on any atom is -0.474 e. The molecule has 0 aliphatic heterocycles. The lowest BCUT2D eigenvalue weighted by Gasteiger charge is -1.76. The van der Waals surface area contributed by atoms with E-state index in [2.05, 4.69) is 17.9 Å². The van der Waals surface area contributed by atoms with Crippen LogP contribution < -0.4 is 0 Å². The Kier molecular flexibility index (Phi) is 12.5. The molecule has 0 rings (SSSR count). The molecule has 0 unspecified atom stereocenters. The van der Waals surface area contributed by atoms with Crippen molar-refractivity contribution in [3.8, 4) is 0 Å². The largest absolute Gasteiger partial charge is 0.474 e. The third kappa shape index (κ3) is 142. The average molecular weight is 154 g/mol. The highest BCUT2D eigenvalue weighted by molar-refractivity contribution is 7.66. The molecular weight excluding hydrogens is 147 g/mol. The van der Waals surface area contributed by atoms with Gasteiger partial charge in [-0.05, 0) is 0 Å². The fourth-order valence-corrected chi connectivity index (χ4v) is 0.0680. The molecule has 0 spiro atoms. The fourth-order valence-electron chi connectivity index (χ4n) is 0.0680. The molecule has 0 radical (unpaired) electrons. The van der Waals surface area contributed by atoms with Crippen LogP contribution in [0.25, 0.3) is 0 Å². The molecule has 0 heterocycles. The molecule has 3 nitrogen and oxygen atoms in total. The maximum atomic E-state index is 9.95. The fraction of sp³-hybridized carbons (Fsp3) is 0. The molecule has 0 atom stereocenters. The summed E-state index contributed by atoms with van der Waals surface area (Å²) in [5.41, 5.74) is 0. The van der Waals surface area contributed by atoms with Crippen molar-refractivity contribution in [3.05, 3.63) is 25.7 Å². The SMILES string of the molecule is C=COC=C.O=[SH](=O)F. The van der Waals surface area contributed by atoms with Crippen molar-refractivity contribution in [3.63, 3.8) is 0 Å². The number of hydrogen-bond donors (Lipinski definition) is 1. The lowest BCUT2D eigenvalue weighted by molar-refractivity contribution is 0.406. The van der Waals surface area contributed by atoms with E-state index >= 15 is 0 Å². The van der Waals surface area contributed by atoms with E-state index in [9.17, 15) is 3.89 Å². The van der Waals surface area contributed by atoms with Crippen LogP contribution in [0.3, 0.4) is 0 Å². The van der Waals surface area contributed by atoms with Crippen molar-refractivity contribution >= 4 is 11.1 Å². The Balaban J connectivity index is 0. The summed E-state index contributed by atoms with van der Waals surface area (Å²) in [4.78, 5) is 0. The number of rotatable bonds is 2. The Morgan fingerprint density at radius 3 is 1.56 bits per heavy atom. The van der Waals surface area contributed by atoms with E-state index in [1.54, 1.807) is 0 Å². The molecule has 0 fully saturated rings. The molecular formula is C4H7FO3S. The van der Waals surface area contributed by atoms with Gasteiger partial charge in [0.15, 0.2) is 0 Å². The monoisotopic (exact) mass is 154 g/mol. The van der Waals surface area contributed by atoms with E-state index in [1.165, 1.54) is 12.5 Å². The smallest absolute Gasteiger partial charge is 0.292 e. The van der Waals surface area contributed by atoms with E-state index in [-0.39, 0.29) is 0 Å². The normalized spacial score (nSPS) is 6.89. The zero-order valence-electron chi connectivity index (χ0n) is 4.62. The predicted octanol–water partition coefficient (Wildman–Crippen LogP) is 0.772. The first kappa shape index (κ1) is 11.0. The second-order valence-electron chi connectivity index (χ2n) is 0.682. The highest BCUT2D eigenvalue weighted by atomic mass is 32.2. The van der Waals surface area contributed by atoms with Crippen LogP contribution in [0.2, 0.25) is 0 Å². The van der Waals surface area contributed by atoms with Gasteiger partial charge in [0.05, 0.1) is 12.5 Å². The zero-order chi connectivity index (χ0) is 7.70. The van der Waals surface area contributed by atoms with Crippen LogP contribution in [0, 0.1) is 0 Å². The Bertz CT molecular complexity index is 127. The number of halogens is 1. The van der Waals surface area contributed by atoms with E-state index in [4.69, 9.17) is 8.42 Å². The van der Waals surface area contributed by atoms with Crippen LogP contribution in [0.1, 0.15) is 0 Å². The number of hydrogen-bond acceptors (Lipinski definition) is 3. The lowest BCUT2D eigenvalue weighted by Crippen LogP contribution is -1.52. The quantitative estimate of drug-likeness (QED) is 0.363. The highest BCUT2D eigenvalue weighted by Gasteiger charge is 1.50. The zero-order valence-corrected chi connectivity index (χ0v) is 5.51. The van der Waals surface area contributed by atoms with Gasteiger partial charge >= 0.3 is 0 Å². The molecule has 9 heavy (non-hydrogen) atoms. The van der Waals surface area contributed by atoms with Crippen molar-refractivity contribution in [1.29, 1.82) is 0 Å². The molecule has 0 N–H and O–H groups in total. The molecule has 0 saturated heterocycles. The molecule has 0 amide bonds. The van der Waals surface area contributed by atoms with Gasteiger partial charge in [-0.3, -0.25) is 0 Å². The second-order valence-corrected chi connectivity index (χ2v) is 1.11. The average Bonchev–Trinajstić information content (AvgIpc) is 1.66. The molecule has 0 aliphatic carbocycles. The first-order chi connectivity index (χ1) is 4.15. The summed E-state index contributed by atoms with van der Waals surface area (Å²) in [5.74, 6) is 0. The van der Waals surface area contributed by atoms with Crippen molar-refractivity contribution in [2.24, 2.45) is 0 Å². The Labute approximate surface area is 54.7 Å². The summed E-state index contributed by atoms with van der Waals surface area (Å²) in [7, 11) is 0. The van der Waals surface area contributed by atoms with Crippen LogP contribution in [-0.2, 0) is 15.8 Å². The van der Waals surface area contributed by atoms with Gasteiger partial charge in [-0.1, -0.05) is 13.2 Å². The van der Waals surface area contributed by atoms with Gasteiger partial charge in [-0.2, -0.15) is 8.42 Å². The minimum absolute atomic E-state index is 1.31. The summed E-state index contributed by atoms with van der Waals surface area (Å²) >= 11 is -3.62. The topological polar surface area (TPSA) is 43.4 Å². The van der Waals surface area contributed by atoms with Crippen LogP contribution >= 0.6 is 0 Å². The maximum Gasteiger partial charge on any atom is 0.292 e. The van der Waals surface area contributed by atoms with E-state index in [0.717, 1.165) is 0 Å². The summed E-state index contributed by atoms with van der Waals surface area (Å²) < 4.78 is 31.1. The molecule has 5 heteroatoms. The summed E-state index contributed by atoms with van der Waals surface area (Å²) in [5, 5.41) is 0. The standard InChI is InChI=1S/C4H6O.FHO2S/c1-3-5-4-2;1-4(2)3/h3-4H,1-2H2;4H. The van der Waals surface area contributed by atoms with E-state index in [0.29, 0.717) is 0 Å². The van der Waals surface area contributed by atoms with Crippen LogP contribution in [0.15, 0.2) is 25.7 Å². The summed E-state index contributed by atoms with van der Waals surface area (Å²) in [6.07, 6.45) is 2.62. The van der Waals surface area contributed by atoms with Gasteiger partial charge in [0.1, 0.15) is 0 Å².